The molecule has 0 spiro atoms. The van der Waals surface area contributed by atoms with E-state index in [2.05, 4.69) is 4.74 Å². The maximum atomic E-state index is 11.2. The van der Waals surface area contributed by atoms with Gasteiger partial charge in [0.05, 0.1) is 13.2 Å². The number of hydrogen-bond donors (Lipinski definition) is 1. The number of rotatable bonds is 3. The molecule has 0 radical (unpaired) electrons. The third-order valence-electron chi connectivity index (χ3n) is 2.11. The van der Waals surface area contributed by atoms with E-state index in [0.29, 0.717) is 19.8 Å². The summed E-state index contributed by atoms with van der Waals surface area (Å²) in [6.07, 6.45) is 0. The van der Waals surface area contributed by atoms with Gasteiger partial charge in [-0.3, -0.25) is 9.69 Å². The van der Waals surface area contributed by atoms with Gasteiger partial charge in [-0.2, -0.15) is 0 Å². The van der Waals surface area contributed by atoms with Gasteiger partial charge in [-0.15, -0.1) is 0 Å². The fourth-order valence-corrected chi connectivity index (χ4v) is 1.35. The van der Waals surface area contributed by atoms with Crippen LogP contribution in [0.25, 0.3) is 0 Å². The second kappa shape index (κ2) is 5.79. The van der Waals surface area contributed by atoms with E-state index in [1.165, 1.54) is 6.92 Å². The van der Waals surface area contributed by atoms with Crippen molar-refractivity contribution in [2.75, 3.05) is 32.8 Å². The summed E-state index contributed by atoms with van der Waals surface area (Å²) in [6, 6.07) is -0.771. The highest BCUT2D eigenvalue weighted by Crippen LogP contribution is 1.98. The Hall–Kier alpha value is -0.980. The SMILES string of the molecule is CC(=O)OC(=O)C(N)CN1CCOCC1. The zero-order valence-corrected chi connectivity index (χ0v) is 8.77. The molecule has 0 aromatic rings. The maximum absolute atomic E-state index is 11.2. The molecule has 0 aromatic carbocycles. The third kappa shape index (κ3) is 4.37. The molecule has 1 aliphatic heterocycles. The molecular formula is C9H16N2O4. The maximum Gasteiger partial charge on any atom is 0.331 e. The summed E-state index contributed by atoms with van der Waals surface area (Å²) in [5.41, 5.74) is 5.59. The van der Waals surface area contributed by atoms with E-state index >= 15 is 0 Å². The highest BCUT2D eigenvalue weighted by atomic mass is 16.6. The molecule has 1 saturated heterocycles. The van der Waals surface area contributed by atoms with Crippen molar-refractivity contribution in [3.8, 4) is 0 Å². The second-order valence-corrected chi connectivity index (χ2v) is 3.43. The summed E-state index contributed by atoms with van der Waals surface area (Å²) in [7, 11) is 0. The van der Waals surface area contributed by atoms with Gasteiger partial charge in [0.2, 0.25) is 0 Å². The molecule has 0 amide bonds. The van der Waals surface area contributed by atoms with E-state index in [9.17, 15) is 9.59 Å². The Balaban J connectivity index is 2.29. The van der Waals surface area contributed by atoms with E-state index in [-0.39, 0.29) is 0 Å². The number of carbonyl (C=O) groups excluding carboxylic acids is 2. The van der Waals surface area contributed by atoms with Crippen LogP contribution in [0.2, 0.25) is 0 Å². The molecular weight excluding hydrogens is 200 g/mol. The lowest BCUT2D eigenvalue weighted by Crippen LogP contribution is -2.47. The zero-order chi connectivity index (χ0) is 11.3. The Morgan fingerprint density at radius 2 is 2.07 bits per heavy atom. The van der Waals surface area contributed by atoms with Gasteiger partial charge >= 0.3 is 11.9 Å². The molecule has 1 fully saturated rings. The summed E-state index contributed by atoms with van der Waals surface area (Å²) in [4.78, 5) is 23.7. The molecule has 86 valence electrons. The molecule has 1 unspecified atom stereocenters. The lowest BCUT2D eigenvalue weighted by Gasteiger charge is -2.27. The highest BCUT2D eigenvalue weighted by molar-refractivity contribution is 5.87. The van der Waals surface area contributed by atoms with Crippen LogP contribution < -0.4 is 5.73 Å². The number of hydrogen-bond acceptors (Lipinski definition) is 6. The summed E-state index contributed by atoms with van der Waals surface area (Å²) in [5, 5.41) is 0. The normalized spacial score (nSPS) is 19.6. The standard InChI is InChI=1S/C9H16N2O4/c1-7(12)15-9(13)8(10)6-11-2-4-14-5-3-11/h8H,2-6,10H2,1H3. The molecule has 6 nitrogen and oxygen atoms in total. The van der Waals surface area contributed by atoms with Gasteiger partial charge in [-0.1, -0.05) is 0 Å². The van der Waals surface area contributed by atoms with Gasteiger partial charge in [0, 0.05) is 26.6 Å². The van der Waals surface area contributed by atoms with Crippen LogP contribution >= 0.6 is 0 Å². The molecule has 1 rings (SSSR count). The molecule has 1 atom stereocenters. The van der Waals surface area contributed by atoms with E-state index in [1.807, 2.05) is 4.90 Å². The van der Waals surface area contributed by atoms with E-state index in [4.69, 9.17) is 10.5 Å². The summed E-state index contributed by atoms with van der Waals surface area (Å²) in [6.45, 7) is 4.37. The predicted octanol–water partition coefficient (Wildman–Crippen LogP) is -1.26. The molecule has 0 aliphatic carbocycles. The average molecular weight is 216 g/mol. The molecule has 1 aliphatic rings. The predicted molar refractivity (Wildman–Crippen MR) is 52.0 cm³/mol. The van der Waals surface area contributed by atoms with Crippen LogP contribution in [0.4, 0.5) is 0 Å². The van der Waals surface area contributed by atoms with Crippen LogP contribution in [0.3, 0.4) is 0 Å². The van der Waals surface area contributed by atoms with Crippen LogP contribution in [0.5, 0.6) is 0 Å². The second-order valence-electron chi connectivity index (χ2n) is 3.43. The van der Waals surface area contributed by atoms with Crippen LogP contribution in [-0.2, 0) is 19.1 Å². The van der Waals surface area contributed by atoms with E-state index < -0.39 is 18.0 Å². The first kappa shape index (κ1) is 12.1. The fourth-order valence-electron chi connectivity index (χ4n) is 1.35. The number of esters is 2. The molecule has 2 N–H and O–H groups in total. The Morgan fingerprint density at radius 1 is 1.47 bits per heavy atom. The number of nitrogens with two attached hydrogens (primary N) is 1. The zero-order valence-electron chi connectivity index (χ0n) is 8.77. The van der Waals surface area contributed by atoms with Crippen molar-refractivity contribution in [3.63, 3.8) is 0 Å². The molecule has 0 bridgehead atoms. The van der Waals surface area contributed by atoms with Crippen molar-refractivity contribution in [2.45, 2.75) is 13.0 Å². The molecule has 1 heterocycles. The van der Waals surface area contributed by atoms with Crippen molar-refractivity contribution >= 4 is 11.9 Å². The van der Waals surface area contributed by atoms with Crippen LogP contribution in [0.1, 0.15) is 6.92 Å². The molecule has 15 heavy (non-hydrogen) atoms. The van der Waals surface area contributed by atoms with Gasteiger partial charge in [-0.05, 0) is 0 Å². The minimum Gasteiger partial charge on any atom is -0.392 e. The van der Waals surface area contributed by atoms with Crippen molar-refractivity contribution in [2.24, 2.45) is 5.73 Å². The van der Waals surface area contributed by atoms with E-state index in [1.54, 1.807) is 0 Å². The number of nitrogens with zero attached hydrogens (tertiary/aromatic N) is 1. The first-order valence-electron chi connectivity index (χ1n) is 4.87. The Morgan fingerprint density at radius 3 is 2.60 bits per heavy atom. The monoisotopic (exact) mass is 216 g/mol. The van der Waals surface area contributed by atoms with Crippen molar-refractivity contribution in [1.82, 2.24) is 4.90 Å². The van der Waals surface area contributed by atoms with Gasteiger partial charge in [-0.25, -0.2) is 4.79 Å². The van der Waals surface area contributed by atoms with Gasteiger partial charge in [0.25, 0.3) is 0 Å². The van der Waals surface area contributed by atoms with Crippen molar-refractivity contribution < 1.29 is 19.1 Å². The van der Waals surface area contributed by atoms with Crippen molar-refractivity contribution in [1.29, 1.82) is 0 Å². The first-order valence-corrected chi connectivity index (χ1v) is 4.87. The number of morpholine rings is 1. The minimum atomic E-state index is -0.771. The van der Waals surface area contributed by atoms with E-state index in [0.717, 1.165) is 13.1 Å². The highest BCUT2D eigenvalue weighted by Gasteiger charge is 2.21. The molecule has 6 heteroatoms. The van der Waals surface area contributed by atoms with Crippen LogP contribution in [0, 0.1) is 0 Å². The molecule has 0 saturated carbocycles. The number of ether oxygens (including phenoxy) is 2. The molecule has 0 aromatic heterocycles. The topological polar surface area (TPSA) is 81.9 Å². The number of carbonyl (C=O) groups is 2. The fraction of sp³-hybridized carbons (Fsp3) is 0.778. The van der Waals surface area contributed by atoms with Gasteiger partial charge in [0.15, 0.2) is 0 Å². The Labute approximate surface area is 88.3 Å². The minimum absolute atomic E-state index is 0.398. The quantitative estimate of drug-likeness (QED) is 0.468. The summed E-state index contributed by atoms with van der Waals surface area (Å²) >= 11 is 0. The third-order valence-corrected chi connectivity index (χ3v) is 2.11. The lowest BCUT2D eigenvalue weighted by atomic mass is 10.2. The van der Waals surface area contributed by atoms with Crippen LogP contribution in [-0.4, -0.2) is 55.7 Å². The van der Waals surface area contributed by atoms with Crippen LogP contribution in [0.15, 0.2) is 0 Å². The smallest absolute Gasteiger partial charge is 0.331 e. The van der Waals surface area contributed by atoms with Gasteiger partial charge < -0.3 is 15.2 Å². The van der Waals surface area contributed by atoms with Gasteiger partial charge in [0.1, 0.15) is 6.04 Å². The van der Waals surface area contributed by atoms with Crippen molar-refractivity contribution in [3.05, 3.63) is 0 Å². The Bertz CT molecular complexity index is 238. The summed E-state index contributed by atoms with van der Waals surface area (Å²) < 4.78 is 9.55. The lowest BCUT2D eigenvalue weighted by molar-refractivity contribution is -0.159. The average Bonchev–Trinajstić information content (AvgIpc) is 2.18. The summed E-state index contributed by atoms with van der Waals surface area (Å²) in [5.74, 6) is -1.30. The Kier molecular flexibility index (Phi) is 4.67. The first-order chi connectivity index (χ1) is 7.09. The largest absolute Gasteiger partial charge is 0.392 e.